The van der Waals surface area contributed by atoms with E-state index in [1.807, 2.05) is 12.1 Å². The number of nitrogens with zero attached hydrogens (tertiary/aromatic N) is 1. The van der Waals surface area contributed by atoms with E-state index in [9.17, 15) is 5.11 Å². The molecule has 0 saturated heterocycles. The van der Waals surface area contributed by atoms with Crippen LogP contribution in [0.15, 0.2) is 18.3 Å². The van der Waals surface area contributed by atoms with Crippen LogP contribution < -0.4 is 0 Å². The predicted molar refractivity (Wildman–Crippen MR) is 69.7 cm³/mol. The van der Waals surface area contributed by atoms with Crippen molar-refractivity contribution >= 4 is 8.07 Å². The molecule has 0 amide bonds. The lowest BCUT2D eigenvalue weighted by Gasteiger charge is -2.16. The van der Waals surface area contributed by atoms with Crippen LogP contribution in [0.25, 0.3) is 0 Å². The van der Waals surface area contributed by atoms with Crippen LogP contribution in [-0.4, -0.2) is 18.2 Å². The quantitative estimate of drug-likeness (QED) is 0.597. The molecule has 1 aromatic rings. The molecule has 0 aliphatic carbocycles. The average molecular weight is 233 g/mol. The van der Waals surface area contributed by atoms with Crippen LogP contribution in [0.3, 0.4) is 0 Å². The summed E-state index contributed by atoms with van der Waals surface area (Å²) in [7, 11) is -1.34. The third-order valence-corrected chi connectivity index (χ3v) is 2.91. The lowest BCUT2D eigenvalue weighted by atomic mass is 10.0. The van der Waals surface area contributed by atoms with Gasteiger partial charge in [-0.05, 0) is 19.9 Å². The summed E-state index contributed by atoms with van der Waals surface area (Å²) in [5.74, 6) is 3.08. The van der Waals surface area contributed by atoms with Gasteiger partial charge in [0.15, 0.2) is 0 Å². The van der Waals surface area contributed by atoms with Crippen molar-refractivity contribution in [1.29, 1.82) is 0 Å². The van der Waals surface area contributed by atoms with Gasteiger partial charge in [0.2, 0.25) is 0 Å². The maximum absolute atomic E-state index is 9.77. The minimum atomic E-state index is -1.34. The standard InChI is InChI=1S/C13H19NOSi/c1-13(2,15)11-6-7-12(14-10-11)8-9-16(3,4)5/h6-7,10,15H,1-5H3. The van der Waals surface area contributed by atoms with Crippen molar-refractivity contribution in [2.45, 2.75) is 39.1 Å². The third kappa shape index (κ3) is 4.17. The minimum Gasteiger partial charge on any atom is -0.386 e. The average Bonchev–Trinajstić information content (AvgIpc) is 2.13. The highest BCUT2D eigenvalue weighted by Gasteiger charge is 2.15. The molecule has 0 saturated carbocycles. The maximum Gasteiger partial charge on any atom is 0.129 e. The number of hydrogen-bond acceptors (Lipinski definition) is 2. The van der Waals surface area contributed by atoms with Crippen molar-refractivity contribution in [3.8, 4) is 11.5 Å². The van der Waals surface area contributed by atoms with Crippen molar-refractivity contribution in [3.63, 3.8) is 0 Å². The Kier molecular flexibility index (Phi) is 3.56. The Bertz CT molecular complexity index is 412. The first-order chi connectivity index (χ1) is 7.18. The first-order valence-corrected chi connectivity index (χ1v) is 8.90. The van der Waals surface area contributed by atoms with Crippen molar-refractivity contribution in [1.82, 2.24) is 4.98 Å². The molecule has 0 spiro atoms. The molecule has 16 heavy (non-hydrogen) atoms. The molecular formula is C13H19NOSi. The van der Waals surface area contributed by atoms with Gasteiger partial charge in [0.05, 0.1) is 5.60 Å². The lowest BCUT2D eigenvalue weighted by molar-refractivity contribution is 0.0782. The van der Waals surface area contributed by atoms with Gasteiger partial charge in [-0.25, -0.2) is 4.98 Å². The molecule has 0 bridgehead atoms. The van der Waals surface area contributed by atoms with Crippen LogP contribution in [0.2, 0.25) is 19.6 Å². The second-order valence-electron chi connectivity index (χ2n) is 5.49. The highest BCUT2D eigenvalue weighted by Crippen LogP contribution is 2.17. The Morgan fingerprint density at radius 2 is 1.88 bits per heavy atom. The van der Waals surface area contributed by atoms with Gasteiger partial charge in [0.25, 0.3) is 0 Å². The highest BCUT2D eigenvalue weighted by molar-refractivity contribution is 6.83. The summed E-state index contributed by atoms with van der Waals surface area (Å²) in [6.45, 7) is 10.1. The van der Waals surface area contributed by atoms with E-state index in [1.54, 1.807) is 20.0 Å². The summed E-state index contributed by atoms with van der Waals surface area (Å²) >= 11 is 0. The molecule has 0 aromatic carbocycles. The van der Waals surface area contributed by atoms with Crippen molar-refractivity contribution in [3.05, 3.63) is 29.6 Å². The zero-order chi connectivity index (χ0) is 12.4. The molecule has 0 atom stereocenters. The zero-order valence-corrected chi connectivity index (χ0v) is 11.6. The number of rotatable bonds is 1. The molecule has 2 nitrogen and oxygen atoms in total. The highest BCUT2D eigenvalue weighted by atomic mass is 28.3. The predicted octanol–water partition coefficient (Wildman–Crippen LogP) is 2.54. The minimum absolute atomic E-state index is 0.774. The molecule has 1 N–H and O–H groups in total. The molecule has 1 rings (SSSR count). The SMILES string of the molecule is CC(C)(O)c1ccc(C#C[Si](C)(C)C)nc1. The van der Waals surface area contributed by atoms with Crippen LogP contribution >= 0.6 is 0 Å². The van der Waals surface area contributed by atoms with Crippen LogP contribution in [0.1, 0.15) is 25.1 Å². The number of aromatic nitrogens is 1. The molecule has 0 unspecified atom stereocenters. The number of pyridine rings is 1. The summed E-state index contributed by atoms with van der Waals surface area (Å²) in [6, 6.07) is 3.74. The van der Waals surface area contributed by atoms with Gasteiger partial charge in [0, 0.05) is 11.8 Å². The van der Waals surface area contributed by atoms with Gasteiger partial charge in [0.1, 0.15) is 13.8 Å². The molecule has 1 aromatic heterocycles. The van der Waals surface area contributed by atoms with Gasteiger partial charge in [-0.2, -0.15) is 0 Å². The molecule has 86 valence electrons. The number of hydrogen-bond donors (Lipinski definition) is 1. The summed E-state index contributed by atoms with van der Waals surface area (Å²) in [5, 5.41) is 9.77. The first kappa shape index (κ1) is 13.0. The molecule has 1 heterocycles. The van der Waals surface area contributed by atoms with Gasteiger partial charge in [-0.1, -0.05) is 31.6 Å². The van der Waals surface area contributed by atoms with Crippen LogP contribution in [0.5, 0.6) is 0 Å². The molecule has 0 aliphatic rings. The summed E-state index contributed by atoms with van der Waals surface area (Å²) in [5.41, 5.74) is 4.01. The van der Waals surface area contributed by atoms with Crippen LogP contribution in [-0.2, 0) is 5.60 Å². The van der Waals surface area contributed by atoms with Gasteiger partial charge in [-0.15, -0.1) is 5.54 Å². The first-order valence-electron chi connectivity index (χ1n) is 5.40. The van der Waals surface area contributed by atoms with E-state index in [1.165, 1.54) is 0 Å². The number of aliphatic hydroxyl groups is 1. The molecular weight excluding hydrogens is 214 g/mol. The molecule has 0 aliphatic heterocycles. The van der Waals surface area contributed by atoms with Gasteiger partial charge in [-0.3, -0.25) is 0 Å². The summed E-state index contributed by atoms with van der Waals surface area (Å²) < 4.78 is 0. The molecule has 3 heteroatoms. The van der Waals surface area contributed by atoms with E-state index in [0.29, 0.717) is 0 Å². The lowest BCUT2D eigenvalue weighted by Crippen LogP contribution is -2.17. The van der Waals surface area contributed by atoms with E-state index < -0.39 is 13.7 Å². The smallest absolute Gasteiger partial charge is 0.129 e. The van der Waals surface area contributed by atoms with Crippen molar-refractivity contribution in [2.24, 2.45) is 0 Å². The fraction of sp³-hybridized carbons (Fsp3) is 0.462. The van der Waals surface area contributed by atoms with Crippen molar-refractivity contribution < 1.29 is 5.11 Å². The largest absolute Gasteiger partial charge is 0.386 e. The summed E-state index contributed by atoms with van der Waals surface area (Å²) in [4.78, 5) is 4.24. The Labute approximate surface area is 98.7 Å². The molecule has 0 radical (unpaired) electrons. The van der Waals surface area contributed by atoms with Gasteiger partial charge >= 0.3 is 0 Å². The van der Waals surface area contributed by atoms with E-state index in [2.05, 4.69) is 36.1 Å². The Morgan fingerprint density at radius 3 is 2.25 bits per heavy atom. The Morgan fingerprint density at radius 1 is 1.25 bits per heavy atom. The maximum atomic E-state index is 9.77. The van der Waals surface area contributed by atoms with E-state index in [4.69, 9.17) is 0 Å². The second-order valence-corrected chi connectivity index (χ2v) is 10.2. The van der Waals surface area contributed by atoms with Gasteiger partial charge < -0.3 is 5.11 Å². The van der Waals surface area contributed by atoms with E-state index >= 15 is 0 Å². The Balaban J connectivity index is 2.91. The summed E-state index contributed by atoms with van der Waals surface area (Å²) in [6.07, 6.45) is 1.69. The zero-order valence-electron chi connectivity index (χ0n) is 10.6. The molecule has 0 fully saturated rings. The fourth-order valence-electron chi connectivity index (χ4n) is 1.08. The van der Waals surface area contributed by atoms with E-state index in [0.717, 1.165) is 11.3 Å². The third-order valence-electron chi connectivity index (χ3n) is 2.04. The normalized spacial score (nSPS) is 11.9. The fourth-order valence-corrected chi connectivity index (χ4v) is 1.58. The van der Waals surface area contributed by atoms with E-state index in [-0.39, 0.29) is 0 Å². The second kappa shape index (κ2) is 4.40. The monoisotopic (exact) mass is 233 g/mol. The Hall–Kier alpha value is -1.11. The van der Waals surface area contributed by atoms with Crippen LogP contribution in [0.4, 0.5) is 0 Å². The van der Waals surface area contributed by atoms with Crippen molar-refractivity contribution in [2.75, 3.05) is 0 Å². The topological polar surface area (TPSA) is 33.1 Å². The van der Waals surface area contributed by atoms with Crippen LogP contribution in [0, 0.1) is 11.5 Å².